The zero-order valence-corrected chi connectivity index (χ0v) is 10.9. The van der Waals surface area contributed by atoms with Crippen molar-refractivity contribution in [2.45, 2.75) is 0 Å². The van der Waals surface area contributed by atoms with Crippen molar-refractivity contribution in [1.82, 2.24) is 0 Å². The van der Waals surface area contributed by atoms with Crippen LogP contribution in [-0.4, -0.2) is 11.9 Å². The molecule has 0 N–H and O–H groups in total. The van der Waals surface area contributed by atoms with Gasteiger partial charge in [0.15, 0.2) is 0 Å². The summed E-state index contributed by atoms with van der Waals surface area (Å²) in [6, 6.07) is 0. The standard InChI is InChI=1S/2C3H3ClO2.Zn/c2*4-2-1-3(5)6;/h2*1-2H,(H,5,6);/q;;+2/p-2/b2*2-1+;. The maximum absolute atomic E-state index is 9.32. The van der Waals surface area contributed by atoms with Crippen molar-refractivity contribution >= 4 is 35.1 Å². The van der Waals surface area contributed by atoms with E-state index in [1.54, 1.807) is 0 Å². The van der Waals surface area contributed by atoms with Crippen molar-refractivity contribution in [2.75, 3.05) is 0 Å². The number of carboxylic acids is 2. The Bertz CT molecular complexity index is 181. The quantitative estimate of drug-likeness (QED) is 0.477. The van der Waals surface area contributed by atoms with Crippen LogP contribution in [0.25, 0.3) is 0 Å². The summed E-state index contributed by atoms with van der Waals surface area (Å²) in [5.41, 5.74) is 1.77. The van der Waals surface area contributed by atoms with Gasteiger partial charge in [-0.25, -0.2) is 0 Å². The number of aliphatic carboxylic acids is 2. The molecule has 0 fully saturated rings. The molecule has 0 radical (unpaired) electrons. The Hall–Kier alpha value is -0.377. The zero-order chi connectivity index (χ0) is 9.98. The molecular weight excluding hydrogens is 272 g/mol. The van der Waals surface area contributed by atoms with E-state index in [2.05, 4.69) is 0 Å². The van der Waals surface area contributed by atoms with E-state index < -0.39 is 11.9 Å². The van der Waals surface area contributed by atoms with Crippen molar-refractivity contribution in [1.29, 1.82) is 0 Å². The van der Waals surface area contributed by atoms with Crippen LogP contribution in [0, 0.1) is 0 Å². The topological polar surface area (TPSA) is 80.3 Å². The molecule has 4 nitrogen and oxygen atoms in total. The largest absolute Gasteiger partial charge is 2.00 e. The Kier molecular flexibility index (Phi) is 20.1. The predicted molar refractivity (Wildman–Crippen MR) is 40.0 cm³/mol. The number of hydrogen-bond acceptors (Lipinski definition) is 4. The van der Waals surface area contributed by atoms with Crippen LogP contribution >= 0.6 is 23.2 Å². The van der Waals surface area contributed by atoms with E-state index in [1.807, 2.05) is 0 Å². The molecule has 0 saturated heterocycles. The third-order valence-electron chi connectivity index (χ3n) is 0.398. The van der Waals surface area contributed by atoms with E-state index in [-0.39, 0.29) is 19.5 Å². The third kappa shape index (κ3) is 34.0. The molecule has 0 aliphatic heterocycles. The summed E-state index contributed by atoms with van der Waals surface area (Å²) in [5.74, 6) is -2.55. The molecule has 0 bridgehead atoms. The number of hydrogen-bond donors (Lipinski definition) is 0. The normalized spacial score (nSPS) is 8.77. The molecule has 0 saturated carbocycles. The molecule has 13 heavy (non-hydrogen) atoms. The van der Waals surface area contributed by atoms with Crippen molar-refractivity contribution in [3.63, 3.8) is 0 Å². The maximum atomic E-state index is 9.32. The second-order valence-corrected chi connectivity index (χ2v) is 1.73. The first-order valence-electron chi connectivity index (χ1n) is 2.50. The molecule has 0 aliphatic rings. The molecule has 68 valence electrons. The summed E-state index contributed by atoms with van der Waals surface area (Å²) >= 11 is 9.59. The van der Waals surface area contributed by atoms with Crippen molar-refractivity contribution in [3.05, 3.63) is 23.2 Å². The maximum Gasteiger partial charge on any atom is 2.00 e. The molecule has 0 aromatic carbocycles. The van der Waals surface area contributed by atoms with Crippen LogP contribution in [0.2, 0.25) is 0 Å². The summed E-state index contributed by atoms with van der Waals surface area (Å²) in [6.07, 6.45) is 1.48. The van der Waals surface area contributed by atoms with Crippen LogP contribution < -0.4 is 10.2 Å². The number of carboxylic acid groups (broad SMARTS) is 2. The second-order valence-electron chi connectivity index (χ2n) is 1.22. The molecule has 0 spiro atoms. The van der Waals surface area contributed by atoms with Gasteiger partial charge < -0.3 is 19.8 Å². The molecule has 0 aliphatic carbocycles. The van der Waals surface area contributed by atoms with Gasteiger partial charge in [0.2, 0.25) is 0 Å². The average molecular weight is 276 g/mol. The van der Waals surface area contributed by atoms with E-state index in [0.29, 0.717) is 0 Å². The Morgan fingerprint density at radius 3 is 1.15 bits per heavy atom. The molecular formula is C6H4Cl2O4Zn. The smallest absolute Gasteiger partial charge is 0.545 e. The van der Waals surface area contributed by atoms with Gasteiger partial charge in [0.1, 0.15) is 0 Å². The predicted octanol–water partition coefficient (Wildman–Crippen LogP) is -1.02. The summed E-state index contributed by atoms with van der Waals surface area (Å²) < 4.78 is 0. The molecule has 7 heteroatoms. The van der Waals surface area contributed by atoms with Gasteiger partial charge in [0.05, 0.1) is 11.9 Å². The number of halogens is 2. The summed E-state index contributed by atoms with van der Waals surface area (Å²) in [5, 5.41) is 18.6. The summed E-state index contributed by atoms with van der Waals surface area (Å²) in [4.78, 5) is 18.6. The van der Waals surface area contributed by atoms with E-state index in [9.17, 15) is 19.8 Å². The van der Waals surface area contributed by atoms with Gasteiger partial charge >= 0.3 is 19.5 Å². The average Bonchev–Trinajstić information content (AvgIpc) is 1.87. The molecule has 0 atom stereocenters. The number of carbonyl (C=O) groups is 2. The van der Waals surface area contributed by atoms with Gasteiger partial charge in [-0.2, -0.15) is 0 Å². The Morgan fingerprint density at radius 1 is 0.923 bits per heavy atom. The van der Waals surface area contributed by atoms with Gasteiger partial charge in [0, 0.05) is 11.1 Å². The SMILES string of the molecule is O=C([O-])/C=C/Cl.O=C([O-])/C=C/Cl.[Zn+2]. The first-order chi connectivity index (χ1) is 5.54. The first-order valence-corrected chi connectivity index (χ1v) is 3.37. The van der Waals surface area contributed by atoms with Crippen LogP contribution in [0.5, 0.6) is 0 Å². The van der Waals surface area contributed by atoms with Gasteiger partial charge in [-0.05, 0) is 12.2 Å². The van der Waals surface area contributed by atoms with Crippen LogP contribution in [0.3, 0.4) is 0 Å². The van der Waals surface area contributed by atoms with Crippen LogP contribution in [0.1, 0.15) is 0 Å². The molecule has 0 unspecified atom stereocenters. The molecule has 0 rings (SSSR count). The summed E-state index contributed by atoms with van der Waals surface area (Å²) in [6.45, 7) is 0. The van der Waals surface area contributed by atoms with Gasteiger partial charge in [-0.15, -0.1) is 0 Å². The first kappa shape index (κ1) is 18.4. The fourth-order valence-corrected chi connectivity index (χ4v) is 0.309. The minimum Gasteiger partial charge on any atom is -0.545 e. The number of carbonyl (C=O) groups excluding carboxylic acids is 2. The van der Waals surface area contributed by atoms with Crippen LogP contribution in [0.15, 0.2) is 23.2 Å². The molecule has 0 amide bonds. The van der Waals surface area contributed by atoms with E-state index in [1.165, 1.54) is 0 Å². The van der Waals surface area contributed by atoms with E-state index in [0.717, 1.165) is 23.2 Å². The van der Waals surface area contributed by atoms with Crippen molar-refractivity contribution in [3.8, 4) is 0 Å². The fourth-order valence-electron chi connectivity index (χ4n) is 0.103. The monoisotopic (exact) mass is 274 g/mol. The fraction of sp³-hybridized carbons (Fsp3) is 0. The second kappa shape index (κ2) is 14.2. The molecule has 0 aromatic rings. The van der Waals surface area contributed by atoms with Gasteiger partial charge in [-0.1, -0.05) is 23.2 Å². The minimum absolute atomic E-state index is 0. The zero-order valence-electron chi connectivity index (χ0n) is 6.41. The van der Waals surface area contributed by atoms with Crippen molar-refractivity contribution in [2.24, 2.45) is 0 Å². The summed E-state index contributed by atoms with van der Waals surface area (Å²) in [7, 11) is 0. The van der Waals surface area contributed by atoms with E-state index in [4.69, 9.17) is 23.2 Å². The Labute approximate surface area is 97.6 Å². The molecule has 0 heterocycles. The number of rotatable bonds is 2. The van der Waals surface area contributed by atoms with Gasteiger partial charge in [0.25, 0.3) is 0 Å². The third-order valence-corrected chi connectivity index (χ3v) is 0.650. The molecule has 0 aromatic heterocycles. The van der Waals surface area contributed by atoms with Crippen LogP contribution in [0.4, 0.5) is 0 Å². The van der Waals surface area contributed by atoms with E-state index >= 15 is 0 Å². The van der Waals surface area contributed by atoms with Gasteiger partial charge in [-0.3, -0.25) is 0 Å². The Balaban J connectivity index is -0.000000143. The van der Waals surface area contributed by atoms with Crippen LogP contribution in [-0.2, 0) is 29.1 Å². The minimum atomic E-state index is -1.27. The van der Waals surface area contributed by atoms with Crippen molar-refractivity contribution < 1.29 is 39.3 Å². The Morgan fingerprint density at radius 2 is 1.15 bits per heavy atom.